The Hall–Kier alpha value is -0.860. The van der Waals surface area contributed by atoms with Crippen molar-refractivity contribution in [2.45, 2.75) is 64.2 Å². The number of aromatic nitrogens is 3. The zero-order valence-electron chi connectivity index (χ0n) is 9.79. The maximum atomic E-state index is 4.63. The van der Waals surface area contributed by atoms with E-state index >= 15 is 0 Å². The second kappa shape index (κ2) is 4.77. The molecule has 84 valence electrons. The number of hydrogen-bond donors (Lipinski definition) is 1. The van der Waals surface area contributed by atoms with Crippen LogP contribution in [-0.2, 0) is 0 Å². The summed E-state index contributed by atoms with van der Waals surface area (Å²) >= 11 is 0. The number of aromatic amines is 1. The van der Waals surface area contributed by atoms with Crippen LogP contribution in [-0.4, -0.2) is 15.2 Å². The average molecular weight is 207 g/mol. The van der Waals surface area contributed by atoms with Crippen molar-refractivity contribution in [3.63, 3.8) is 0 Å². The summed E-state index contributed by atoms with van der Waals surface area (Å²) in [5.41, 5.74) is 0. The SMILES string of the molecule is CCCCC(CC)c1n[nH]c(C2CC2)n1. The van der Waals surface area contributed by atoms with Gasteiger partial charge in [0.05, 0.1) is 0 Å². The van der Waals surface area contributed by atoms with Crippen molar-refractivity contribution >= 4 is 0 Å². The van der Waals surface area contributed by atoms with Crippen LogP contribution in [0.2, 0.25) is 0 Å². The van der Waals surface area contributed by atoms with Gasteiger partial charge in [-0.05, 0) is 25.7 Å². The largest absolute Gasteiger partial charge is 0.263 e. The average Bonchev–Trinajstić information content (AvgIpc) is 3.00. The Kier molecular flexibility index (Phi) is 3.39. The Morgan fingerprint density at radius 1 is 1.40 bits per heavy atom. The van der Waals surface area contributed by atoms with E-state index in [1.807, 2.05) is 0 Å². The molecule has 1 aliphatic carbocycles. The van der Waals surface area contributed by atoms with Crippen molar-refractivity contribution in [1.29, 1.82) is 0 Å². The molecule has 1 aromatic rings. The highest BCUT2D eigenvalue weighted by Crippen LogP contribution is 2.38. The molecule has 3 heteroatoms. The number of nitrogens with zero attached hydrogens (tertiary/aromatic N) is 2. The van der Waals surface area contributed by atoms with Crippen molar-refractivity contribution in [3.8, 4) is 0 Å². The van der Waals surface area contributed by atoms with Gasteiger partial charge in [-0.3, -0.25) is 5.10 Å². The van der Waals surface area contributed by atoms with Crippen LogP contribution < -0.4 is 0 Å². The van der Waals surface area contributed by atoms with Gasteiger partial charge in [0.2, 0.25) is 0 Å². The van der Waals surface area contributed by atoms with Gasteiger partial charge in [-0.25, -0.2) is 4.98 Å². The Balaban J connectivity index is 1.98. The van der Waals surface area contributed by atoms with Gasteiger partial charge in [0.25, 0.3) is 0 Å². The molecular formula is C12H21N3. The van der Waals surface area contributed by atoms with Crippen molar-refractivity contribution in [2.24, 2.45) is 0 Å². The fraction of sp³-hybridized carbons (Fsp3) is 0.833. The smallest absolute Gasteiger partial charge is 0.153 e. The summed E-state index contributed by atoms with van der Waals surface area (Å²) in [5, 5.41) is 7.46. The van der Waals surface area contributed by atoms with Crippen molar-refractivity contribution in [3.05, 3.63) is 11.6 Å². The van der Waals surface area contributed by atoms with E-state index in [4.69, 9.17) is 0 Å². The second-order valence-electron chi connectivity index (χ2n) is 4.60. The summed E-state index contributed by atoms with van der Waals surface area (Å²) in [6, 6.07) is 0. The Morgan fingerprint density at radius 3 is 2.80 bits per heavy atom. The molecular weight excluding hydrogens is 186 g/mol. The lowest BCUT2D eigenvalue weighted by atomic mass is 9.99. The molecule has 0 spiro atoms. The number of rotatable bonds is 6. The molecule has 0 saturated heterocycles. The van der Waals surface area contributed by atoms with E-state index in [2.05, 4.69) is 29.0 Å². The number of unbranched alkanes of at least 4 members (excludes halogenated alkanes) is 1. The van der Waals surface area contributed by atoms with Crippen LogP contribution in [0.5, 0.6) is 0 Å². The molecule has 1 fully saturated rings. The van der Waals surface area contributed by atoms with E-state index in [1.165, 1.54) is 32.1 Å². The Labute approximate surface area is 91.7 Å². The molecule has 2 rings (SSSR count). The van der Waals surface area contributed by atoms with Crippen LogP contribution in [0.3, 0.4) is 0 Å². The zero-order chi connectivity index (χ0) is 10.7. The van der Waals surface area contributed by atoms with Crippen LogP contribution in [0.1, 0.15) is 75.9 Å². The zero-order valence-corrected chi connectivity index (χ0v) is 9.79. The quantitative estimate of drug-likeness (QED) is 0.777. The van der Waals surface area contributed by atoms with Crippen molar-refractivity contribution in [1.82, 2.24) is 15.2 Å². The number of nitrogens with one attached hydrogen (secondary N) is 1. The molecule has 1 atom stereocenters. The minimum Gasteiger partial charge on any atom is -0.263 e. The molecule has 15 heavy (non-hydrogen) atoms. The summed E-state index contributed by atoms with van der Waals surface area (Å²) in [4.78, 5) is 4.63. The van der Waals surface area contributed by atoms with E-state index in [1.54, 1.807) is 0 Å². The van der Waals surface area contributed by atoms with Crippen LogP contribution in [0.4, 0.5) is 0 Å². The first kappa shape index (κ1) is 10.7. The third-order valence-electron chi connectivity index (χ3n) is 3.25. The lowest BCUT2D eigenvalue weighted by Crippen LogP contribution is -2.00. The highest BCUT2D eigenvalue weighted by atomic mass is 15.2. The van der Waals surface area contributed by atoms with E-state index in [-0.39, 0.29) is 0 Å². The lowest BCUT2D eigenvalue weighted by Gasteiger charge is -2.09. The molecule has 1 N–H and O–H groups in total. The fourth-order valence-electron chi connectivity index (χ4n) is 1.98. The fourth-order valence-corrected chi connectivity index (χ4v) is 1.98. The molecule has 3 nitrogen and oxygen atoms in total. The van der Waals surface area contributed by atoms with E-state index in [0.29, 0.717) is 11.8 Å². The second-order valence-corrected chi connectivity index (χ2v) is 4.60. The highest BCUT2D eigenvalue weighted by molar-refractivity contribution is 5.07. The van der Waals surface area contributed by atoms with Gasteiger partial charge in [-0.2, -0.15) is 5.10 Å². The van der Waals surface area contributed by atoms with E-state index in [9.17, 15) is 0 Å². The topological polar surface area (TPSA) is 41.6 Å². The Bertz CT molecular complexity index is 302. The summed E-state index contributed by atoms with van der Waals surface area (Å²) in [6.45, 7) is 4.47. The Morgan fingerprint density at radius 2 is 2.20 bits per heavy atom. The monoisotopic (exact) mass is 207 g/mol. The lowest BCUT2D eigenvalue weighted by molar-refractivity contribution is 0.544. The van der Waals surface area contributed by atoms with Crippen LogP contribution >= 0.6 is 0 Å². The van der Waals surface area contributed by atoms with Gasteiger partial charge in [-0.15, -0.1) is 0 Å². The van der Waals surface area contributed by atoms with Gasteiger partial charge in [-0.1, -0.05) is 26.7 Å². The van der Waals surface area contributed by atoms with Crippen molar-refractivity contribution in [2.75, 3.05) is 0 Å². The molecule has 0 aliphatic heterocycles. The number of H-pyrrole nitrogens is 1. The summed E-state index contributed by atoms with van der Waals surface area (Å²) in [7, 11) is 0. The van der Waals surface area contributed by atoms with Gasteiger partial charge < -0.3 is 0 Å². The molecule has 0 radical (unpaired) electrons. The third-order valence-corrected chi connectivity index (χ3v) is 3.25. The minimum absolute atomic E-state index is 0.564. The van der Waals surface area contributed by atoms with Crippen molar-refractivity contribution < 1.29 is 0 Å². The highest BCUT2D eigenvalue weighted by Gasteiger charge is 2.28. The molecule has 1 saturated carbocycles. The van der Waals surface area contributed by atoms with Gasteiger partial charge in [0, 0.05) is 11.8 Å². The summed E-state index contributed by atoms with van der Waals surface area (Å²) in [5.74, 6) is 3.43. The van der Waals surface area contributed by atoms with Crippen LogP contribution in [0.25, 0.3) is 0 Å². The molecule has 1 aromatic heterocycles. The molecule has 1 unspecified atom stereocenters. The van der Waals surface area contributed by atoms with Gasteiger partial charge in [0.15, 0.2) is 5.82 Å². The minimum atomic E-state index is 0.564. The standard InChI is InChI=1S/C12H21N3/c1-3-5-6-9(4-2)11-13-12(15-14-11)10-7-8-10/h9-10H,3-8H2,1-2H3,(H,13,14,15). The van der Waals surface area contributed by atoms with Crippen LogP contribution in [0, 0.1) is 0 Å². The molecule has 0 aromatic carbocycles. The van der Waals surface area contributed by atoms with E-state index < -0.39 is 0 Å². The third kappa shape index (κ3) is 2.58. The summed E-state index contributed by atoms with van der Waals surface area (Å²) < 4.78 is 0. The summed E-state index contributed by atoms with van der Waals surface area (Å²) in [6.07, 6.45) is 7.51. The molecule has 0 bridgehead atoms. The maximum absolute atomic E-state index is 4.63. The first-order valence-electron chi connectivity index (χ1n) is 6.27. The first-order valence-corrected chi connectivity index (χ1v) is 6.27. The van der Waals surface area contributed by atoms with Gasteiger partial charge in [0.1, 0.15) is 5.82 Å². The normalized spacial score (nSPS) is 18.0. The van der Waals surface area contributed by atoms with Crippen LogP contribution in [0.15, 0.2) is 0 Å². The molecule has 1 heterocycles. The predicted octanol–water partition coefficient (Wildman–Crippen LogP) is 3.37. The maximum Gasteiger partial charge on any atom is 0.153 e. The molecule has 1 aliphatic rings. The predicted molar refractivity (Wildman–Crippen MR) is 60.9 cm³/mol. The number of hydrogen-bond acceptors (Lipinski definition) is 2. The first-order chi connectivity index (χ1) is 7.35. The van der Waals surface area contributed by atoms with E-state index in [0.717, 1.165) is 18.1 Å². The van der Waals surface area contributed by atoms with Gasteiger partial charge >= 0.3 is 0 Å². The molecule has 0 amide bonds.